The Balaban J connectivity index is 1.80. The van der Waals surface area contributed by atoms with E-state index in [1.54, 1.807) is 36.7 Å². The van der Waals surface area contributed by atoms with Crippen LogP contribution in [0.5, 0.6) is 0 Å². The summed E-state index contributed by atoms with van der Waals surface area (Å²) in [5.74, 6) is -0.212. The predicted octanol–water partition coefficient (Wildman–Crippen LogP) is 3.75. The van der Waals surface area contributed by atoms with Crippen LogP contribution < -0.4 is 16.0 Å². The topological polar surface area (TPSA) is 95.5 Å². The molecule has 3 aromatic rings. The number of guanidine groups is 1. The average Bonchev–Trinajstić information content (AvgIpc) is 2.72. The highest BCUT2D eigenvalue weighted by atomic mass is 16.2. The zero-order valence-electron chi connectivity index (χ0n) is 16.8. The molecular formula is C23H23N5O2. The molecule has 3 N–H and O–H groups in total. The van der Waals surface area contributed by atoms with Crippen molar-refractivity contribution in [1.82, 2.24) is 10.3 Å². The first kappa shape index (κ1) is 20.7. The SMILES string of the molecule is CC(=O)Nc1cccc(C(=O)NC(=NCc2ccncc2)Nc2cccc(C)c2)c1. The number of aliphatic imine (C=N–C) groups is 1. The van der Waals surface area contributed by atoms with Crippen molar-refractivity contribution in [3.8, 4) is 0 Å². The number of nitrogens with zero attached hydrogens (tertiary/aromatic N) is 2. The number of amides is 2. The van der Waals surface area contributed by atoms with Crippen LogP contribution in [-0.4, -0.2) is 22.8 Å². The van der Waals surface area contributed by atoms with Crippen molar-refractivity contribution in [3.05, 3.63) is 89.7 Å². The van der Waals surface area contributed by atoms with Crippen molar-refractivity contribution in [1.29, 1.82) is 0 Å². The summed E-state index contributed by atoms with van der Waals surface area (Å²) in [6.07, 6.45) is 3.40. The molecule has 7 heteroatoms. The van der Waals surface area contributed by atoms with E-state index in [-0.39, 0.29) is 11.8 Å². The Morgan fingerprint density at radius 1 is 0.933 bits per heavy atom. The van der Waals surface area contributed by atoms with Gasteiger partial charge in [-0.15, -0.1) is 0 Å². The van der Waals surface area contributed by atoms with E-state index in [4.69, 9.17) is 0 Å². The summed E-state index contributed by atoms with van der Waals surface area (Å²) in [4.78, 5) is 32.6. The molecular weight excluding hydrogens is 378 g/mol. The number of benzene rings is 2. The Bertz CT molecular complexity index is 1060. The molecule has 0 radical (unpaired) electrons. The van der Waals surface area contributed by atoms with Gasteiger partial charge in [0.05, 0.1) is 6.54 Å². The van der Waals surface area contributed by atoms with Crippen molar-refractivity contribution in [2.24, 2.45) is 4.99 Å². The fraction of sp³-hybridized carbons (Fsp3) is 0.130. The maximum Gasteiger partial charge on any atom is 0.258 e. The smallest absolute Gasteiger partial charge is 0.258 e. The largest absolute Gasteiger partial charge is 0.326 e. The van der Waals surface area contributed by atoms with Gasteiger partial charge in [-0.2, -0.15) is 0 Å². The normalized spacial score (nSPS) is 10.9. The Hall–Kier alpha value is -4.00. The molecule has 0 atom stereocenters. The second-order valence-corrected chi connectivity index (χ2v) is 6.73. The van der Waals surface area contributed by atoms with Gasteiger partial charge in [0.25, 0.3) is 5.91 Å². The molecule has 0 saturated carbocycles. The van der Waals surface area contributed by atoms with Crippen LogP contribution in [0.25, 0.3) is 0 Å². The molecule has 1 heterocycles. The molecule has 152 valence electrons. The van der Waals surface area contributed by atoms with Crippen LogP contribution in [0.2, 0.25) is 0 Å². The van der Waals surface area contributed by atoms with Gasteiger partial charge in [-0.1, -0.05) is 18.2 Å². The molecule has 0 unspecified atom stereocenters. The fourth-order valence-corrected chi connectivity index (χ4v) is 2.75. The lowest BCUT2D eigenvalue weighted by atomic mass is 10.2. The van der Waals surface area contributed by atoms with Crippen LogP contribution in [0.3, 0.4) is 0 Å². The molecule has 30 heavy (non-hydrogen) atoms. The quantitative estimate of drug-likeness (QED) is 0.448. The molecule has 2 amide bonds. The van der Waals surface area contributed by atoms with E-state index >= 15 is 0 Å². The van der Waals surface area contributed by atoms with Gasteiger partial charge in [0.2, 0.25) is 11.9 Å². The van der Waals surface area contributed by atoms with Gasteiger partial charge in [-0.25, -0.2) is 4.99 Å². The van der Waals surface area contributed by atoms with Crippen molar-refractivity contribution in [2.75, 3.05) is 10.6 Å². The summed E-state index contributed by atoms with van der Waals surface area (Å²) < 4.78 is 0. The van der Waals surface area contributed by atoms with Crippen molar-refractivity contribution >= 4 is 29.1 Å². The summed E-state index contributed by atoms with van der Waals surface area (Å²) in [5.41, 5.74) is 3.83. The van der Waals surface area contributed by atoms with Gasteiger partial charge < -0.3 is 10.6 Å². The van der Waals surface area contributed by atoms with Crippen molar-refractivity contribution in [2.45, 2.75) is 20.4 Å². The molecule has 0 saturated heterocycles. The summed E-state index contributed by atoms with van der Waals surface area (Å²) >= 11 is 0. The lowest BCUT2D eigenvalue weighted by molar-refractivity contribution is -0.114. The second-order valence-electron chi connectivity index (χ2n) is 6.73. The number of carbonyl (C=O) groups is 2. The highest BCUT2D eigenvalue weighted by Gasteiger charge is 2.11. The minimum atomic E-state index is -0.337. The molecule has 7 nitrogen and oxygen atoms in total. The molecule has 0 aliphatic rings. The van der Waals surface area contributed by atoms with Crippen LogP contribution in [-0.2, 0) is 11.3 Å². The Kier molecular flexibility index (Phi) is 6.89. The minimum absolute atomic E-state index is 0.201. The third kappa shape index (κ3) is 6.27. The maximum atomic E-state index is 12.8. The number of anilines is 2. The number of hydrogen-bond acceptors (Lipinski definition) is 4. The van der Waals surface area contributed by atoms with Crippen molar-refractivity contribution < 1.29 is 9.59 Å². The van der Waals surface area contributed by atoms with E-state index < -0.39 is 0 Å². The third-order valence-electron chi connectivity index (χ3n) is 4.13. The van der Waals surface area contributed by atoms with Crippen LogP contribution >= 0.6 is 0 Å². The van der Waals surface area contributed by atoms with Crippen LogP contribution in [0.15, 0.2) is 78.0 Å². The standard InChI is InChI=1S/C23H23N5O2/c1-16-5-3-7-20(13-16)27-23(25-15-18-9-11-24-12-10-18)28-22(30)19-6-4-8-21(14-19)26-17(2)29/h3-14H,15H2,1-2H3,(H,26,29)(H2,25,27,28,30). The molecule has 0 aliphatic heterocycles. The van der Waals surface area contributed by atoms with E-state index in [0.717, 1.165) is 16.8 Å². The van der Waals surface area contributed by atoms with Gasteiger partial charge in [-0.3, -0.25) is 19.9 Å². The highest BCUT2D eigenvalue weighted by Crippen LogP contribution is 2.12. The van der Waals surface area contributed by atoms with E-state index in [9.17, 15) is 9.59 Å². The zero-order chi connectivity index (χ0) is 21.3. The molecule has 0 fully saturated rings. The number of carbonyl (C=O) groups excluding carboxylic acids is 2. The van der Waals surface area contributed by atoms with E-state index in [2.05, 4.69) is 25.9 Å². The highest BCUT2D eigenvalue weighted by molar-refractivity contribution is 6.10. The van der Waals surface area contributed by atoms with Crippen LogP contribution in [0.1, 0.15) is 28.4 Å². The van der Waals surface area contributed by atoms with Gasteiger partial charge >= 0.3 is 0 Å². The number of pyridine rings is 1. The number of aromatic nitrogens is 1. The zero-order valence-corrected chi connectivity index (χ0v) is 16.8. The van der Waals surface area contributed by atoms with Crippen LogP contribution in [0.4, 0.5) is 11.4 Å². The monoisotopic (exact) mass is 401 g/mol. The fourth-order valence-electron chi connectivity index (χ4n) is 2.75. The van der Waals surface area contributed by atoms with E-state index in [1.165, 1.54) is 6.92 Å². The summed E-state index contributed by atoms with van der Waals surface area (Å²) in [6, 6.07) is 18.2. The third-order valence-corrected chi connectivity index (χ3v) is 4.13. The minimum Gasteiger partial charge on any atom is -0.326 e. The van der Waals surface area contributed by atoms with E-state index in [1.807, 2.05) is 43.3 Å². The molecule has 1 aromatic heterocycles. The summed E-state index contributed by atoms with van der Waals surface area (Å²) in [5, 5.41) is 8.67. The summed E-state index contributed by atoms with van der Waals surface area (Å²) in [7, 11) is 0. The first-order valence-electron chi connectivity index (χ1n) is 9.45. The number of nitrogens with one attached hydrogen (secondary N) is 3. The van der Waals surface area contributed by atoms with Gasteiger partial charge in [0.1, 0.15) is 0 Å². The lowest BCUT2D eigenvalue weighted by Gasteiger charge is -2.13. The first-order valence-corrected chi connectivity index (χ1v) is 9.45. The maximum absolute atomic E-state index is 12.8. The first-order chi connectivity index (χ1) is 14.5. The van der Waals surface area contributed by atoms with Crippen LogP contribution in [0, 0.1) is 6.92 Å². The average molecular weight is 401 g/mol. The molecule has 0 spiro atoms. The Labute approximate surface area is 175 Å². The summed E-state index contributed by atoms with van der Waals surface area (Å²) in [6.45, 7) is 3.79. The Morgan fingerprint density at radius 2 is 1.63 bits per heavy atom. The van der Waals surface area contributed by atoms with Gasteiger partial charge in [-0.05, 0) is 60.5 Å². The predicted molar refractivity (Wildman–Crippen MR) is 118 cm³/mol. The molecule has 0 bridgehead atoms. The van der Waals surface area contributed by atoms with Gasteiger partial charge in [0.15, 0.2) is 0 Å². The second kappa shape index (κ2) is 9.97. The molecule has 2 aromatic carbocycles. The van der Waals surface area contributed by atoms with Gasteiger partial charge in [0, 0.05) is 36.3 Å². The number of rotatable bonds is 5. The molecule has 3 rings (SSSR count). The van der Waals surface area contributed by atoms with E-state index in [0.29, 0.717) is 23.8 Å². The lowest BCUT2D eigenvalue weighted by Crippen LogP contribution is -2.36. The Morgan fingerprint density at radius 3 is 2.33 bits per heavy atom. The number of aryl methyl sites for hydroxylation is 1. The van der Waals surface area contributed by atoms with Crippen molar-refractivity contribution in [3.63, 3.8) is 0 Å². The number of hydrogen-bond donors (Lipinski definition) is 3. The molecule has 0 aliphatic carbocycles.